The van der Waals surface area contributed by atoms with Gasteiger partial charge in [-0.3, -0.25) is 9.78 Å². The largest absolute Gasteiger partial charge is 0.410 e. The second-order valence-corrected chi connectivity index (χ2v) is 2.16. The predicted octanol–water partition coefficient (Wildman–Crippen LogP) is 1.10. The molecule has 0 aromatic carbocycles. The van der Waals surface area contributed by atoms with Gasteiger partial charge in [0.1, 0.15) is 0 Å². The Labute approximate surface area is 78.3 Å². The van der Waals surface area contributed by atoms with Gasteiger partial charge >= 0.3 is 0 Å². The highest BCUT2D eigenvalue weighted by atomic mass is 16.4. The summed E-state index contributed by atoms with van der Waals surface area (Å²) in [5, 5.41) is 14.0. The number of hydrogen-bond donors (Lipinski definition) is 1. The fourth-order valence-corrected chi connectivity index (χ4v) is 0.794. The van der Waals surface area contributed by atoms with Gasteiger partial charge in [-0.25, -0.2) is 0 Å². The lowest BCUT2D eigenvalue weighted by atomic mass is 10.2. The van der Waals surface area contributed by atoms with Crippen LogP contribution in [0.25, 0.3) is 10.4 Å². The summed E-state index contributed by atoms with van der Waals surface area (Å²) in [6.07, 6.45) is 1.42. The normalized spacial score (nSPS) is 10.4. The molecule has 14 heavy (non-hydrogen) atoms. The lowest BCUT2D eigenvalue weighted by Gasteiger charge is -1.96. The number of aromatic nitrogens is 1. The Morgan fingerprint density at radius 2 is 2.36 bits per heavy atom. The highest BCUT2D eigenvalue weighted by Gasteiger charge is 2.13. The van der Waals surface area contributed by atoms with Crippen LogP contribution in [0.3, 0.4) is 0 Å². The van der Waals surface area contributed by atoms with Crippen molar-refractivity contribution < 1.29 is 10.0 Å². The first-order valence-electron chi connectivity index (χ1n) is 3.52. The first kappa shape index (κ1) is 9.69. The molecule has 1 aromatic rings. The Balaban J connectivity index is 3.07. The first-order valence-corrected chi connectivity index (χ1v) is 3.52. The summed E-state index contributed by atoms with van der Waals surface area (Å²) >= 11 is 0. The summed E-state index contributed by atoms with van der Waals surface area (Å²) < 4.78 is 0. The molecule has 0 aliphatic rings. The fraction of sp³-hybridized carbons (Fsp3) is 0. The van der Waals surface area contributed by atoms with E-state index in [1.807, 2.05) is 0 Å². The van der Waals surface area contributed by atoms with Crippen LogP contribution in [-0.4, -0.2) is 21.8 Å². The van der Waals surface area contributed by atoms with Crippen LogP contribution in [0.5, 0.6) is 0 Å². The van der Waals surface area contributed by atoms with Crippen LogP contribution in [0.4, 0.5) is 0 Å². The van der Waals surface area contributed by atoms with Gasteiger partial charge in [-0.2, -0.15) is 0 Å². The van der Waals surface area contributed by atoms with E-state index in [1.165, 1.54) is 12.3 Å². The maximum Gasteiger partial charge on any atom is 0.273 e. The van der Waals surface area contributed by atoms with E-state index < -0.39 is 5.91 Å². The number of carbonyl (C=O) groups is 1. The zero-order valence-corrected chi connectivity index (χ0v) is 6.90. The molecule has 0 unspecified atom stereocenters. The topological polar surface area (TPSA) is 111 Å². The molecule has 0 atom stereocenters. The zero-order valence-electron chi connectivity index (χ0n) is 6.90. The van der Waals surface area contributed by atoms with Gasteiger partial charge in [0.05, 0.1) is 5.69 Å². The van der Waals surface area contributed by atoms with Crippen LogP contribution in [0.15, 0.2) is 34.7 Å². The molecular formula is C7H5N5O2. The molecule has 1 heterocycles. The number of hydrogen-bond acceptors (Lipinski definition) is 4. The van der Waals surface area contributed by atoms with Crippen molar-refractivity contribution >= 4 is 11.6 Å². The Morgan fingerprint density at radius 1 is 1.57 bits per heavy atom. The average Bonchev–Trinajstić information content (AvgIpc) is 2.21. The van der Waals surface area contributed by atoms with Crippen LogP contribution in [0.2, 0.25) is 0 Å². The lowest BCUT2D eigenvalue weighted by Crippen LogP contribution is -2.13. The van der Waals surface area contributed by atoms with Crippen molar-refractivity contribution in [2.75, 3.05) is 0 Å². The highest BCUT2D eigenvalue weighted by Crippen LogP contribution is 1.98. The van der Waals surface area contributed by atoms with E-state index in [4.69, 9.17) is 10.7 Å². The molecule has 7 heteroatoms. The van der Waals surface area contributed by atoms with Crippen molar-refractivity contribution in [3.8, 4) is 0 Å². The second-order valence-electron chi connectivity index (χ2n) is 2.16. The quantitative estimate of drug-likeness (QED) is 0.188. The molecule has 0 fully saturated rings. The summed E-state index contributed by atoms with van der Waals surface area (Å²) in [7, 11) is 0. The predicted molar refractivity (Wildman–Crippen MR) is 46.7 cm³/mol. The van der Waals surface area contributed by atoms with Gasteiger partial charge in [0, 0.05) is 11.1 Å². The third-order valence-electron chi connectivity index (χ3n) is 1.35. The SMILES string of the molecule is [N-]=[N+]=NC(=O)/C(=N/O)c1ccccn1. The molecule has 7 nitrogen and oxygen atoms in total. The number of azide groups is 1. The zero-order chi connectivity index (χ0) is 10.4. The molecule has 1 N–H and O–H groups in total. The second kappa shape index (κ2) is 4.58. The van der Waals surface area contributed by atoms with Gasteiger partial charge in [0.25, 0.3) is 5.91 Å². The van der Waals surface area contributed by atoms with Gasteiger partial charge in [0.2, 0.25) is 0 Å². The molecule has 0 spiro atoms. The molecule has 1 amide bonds. The van der Waals surface area contributed by atoms with Crippen LogP contribution in [0, 0.1) is 0 Å². The Hall–Kier alpha value is -2.40. The molecular weight excluding hydrogens is 186 g/mol. The number of rotatable bonds is 2. The van der Waals surface area contributed by atoms with E-state index in [0.717, 1.165) is 0 Å². The smallest absolute Gasteiger partial charge is 0.273 e. The molecule has 0 saturated heterocycles. The minimum Gasteiger partial charge on any atom is -0.410 e. The molecule has 0 bridgehead atoms. The maximum absolute atomic E-state index is 11.0. The molecule has 1 rings (SSSR count). The minimum atomic E-state index is -0.978. The molecule has 0 radical (unpaired) electrons. The fourth-order valence-electron chi connectivity index (χ4n) is 0.794. The standard InChI is InChI=1S/C7H5N5O2/c8-12-10-7(13)6(11-14)5-3-1-2-4-9-5/h1-4,14H/b11-6+. The van der Waals surface area contributed by atoms with Gasteiger partial charge in [0.15, 0.2) is 5.71 Å². The number of oxime groups is 1. The van der Waals surface area contributed by atoms with Crippen LogP contribution in [0.1, 0.15) is 5.69 Å². The Kier molecular flexibility index (Phi) is 3.17. The van der Waals surface area contributed by atoms with E-state index in [2.05, 4.69) is 20.2 Å². The van der Waals surface area contributed by atoms with Crippen molar-refractivity contribution in [3.63, 3.8) is 0 Å². The Bertz CT molecular complexity index is 407. The summed E-state index contributed by atoms with van der Waals surface area (Å²) in [5.74, 6) is -0.978. The van der Waals surface area contributed by atoms with Crippen LogP contribution in [-0.2, 0) is 4.79 Å². The molecule has 0 aliphatic heterocycles. The average molecular weight is 191 g/mol. The summed E-state index contributed by atoms with van der Waals surface area (Å²) in [6, 6.07) is 4.70. The lowest BCUT2D eigenvalue weighted by molar-refractivity contribution is -0.112. The van der Waals surface area contributed by atoms with E-state index in [1.54, 1.807) is 12.1 Å². The molecule has 70 valence electrons. The van der Waals surface area contributed by atoms with Crippen molar-refractivity contribution in [1.29, 1.82) is 0 Å². The molecule has 1 aromatic heterocycles. The third-order valence-corrected chi connectivity index (χ3v) is 1.35. The number of carbonyl (C=O) groups excluding carboxylic acids is 1. The molecule has 0 saturated carbocycles. The Morgan fingerprint density at radius 3 is 2.86 bits per heavy atom. The monoisotopic (exact) mass is 191 g/mol. The maximum atomic E-state index is 11.0. The van der Waals surface area contributed by atoms with Crippen molar-refractivity contribution in [2.45, 2.75) is 0 Å². The van der Waals surface area contributed by atoms with E-state index >= 15 is 0 Å². The van der Waals surface area contributed by atoms with Crippen molar-refractivity contribution in [2.24, 2.45) is 10.3 Å². The highest BCUT2D eigenvalue weighted by molar-refractivity contribution is 6.44. The van der Waals surface area contributed by atoms with Gasteiger partial charge < -0.3 is 5.21 Å². The number of nitrogens with zero attached hydrogens (tertiary/aromatic N) is 5. The number of amides is 1. The molecule has 0 aliphatic carbocycles. The third kappa shape index (κ3) is 2.05. The number of pyridine rings is 1. The summed E-state index contributed by atoms with van der Waals surface area (Å²) in [5.41, 5.74) is 7.77. The summed E-state index contributed by atoms with van der Waals surface area (Å²) in [6.45, 7) is 0. The van der Waals surface area contributed by atoms with Gasteiger partial charge in [-0.05, 0) is 22.8 Å². The van der Waals surface area contributed by atoms with Crippen LogP contribution >= 0.6 is 0 Å². The summed E-state index contributed by atoms with van der Waals surface area (Å²) in [4.78, 5) is 17.1. The van der Waals surface area contributed by atoms with Gasteiger partial charge in [-0.1, -0.05) is 11.2 Å². The van der Waals surface area contributed by atoms with E-state index in [-0.39, 0.29) is 11.4 Å². The van der Waals surface area contributed by atoms with Crippen molar-refractivity contribution in [3.05, 3.63) is 40.5 Å². The first-order chi connectivity index (χ1) is 6.79. The van der Waals surface area contributed by atoms with Crippen molar-refractivity contribution in [1.82, 2.24) is 4.98 Å². The minimum absolute atomic E-state index is 0.146. The van der Waals surface area contributed by atoms with E-state index in [0.29, 0.717) is 0 Å². The van der Waals surface area contributed by atoms with Crippen LogP contribution < -0.4 is 0 Å². The van der Waals surface area contributed by atoms with Gasteiger partial charge in [-0.15, -0.1) is 0 Å². The van der Waals surface area contributed by atoms with E-state index in [9.17, 15) is 4.79 Å².